The number of rotatable bonds is 2. The van der Waals surface area contributed by atoms with Crippen molar-refractivity contribution in [3.63, 3.8) is 0 Å². The van der Waals surface area contributed by atoms with Crippen molar-refractivity contribution in [3.8, 4) is 5.69 Å². The highest BCUT2D eigenvalue weighted by Gasteiger charge is 2.09. The summed E-state index contributed by atoms with van der Waals surface area (Å²) in [6.45, 7) is 6.55. The molecule has 0 spiro atoms. The van der Waals surface area contributed by atoms with Crippen molar-refractivity contribution in [1.29, 1.82) is 0 Å². The van der Waals surface area contributed by atoms with Crippen LogP contribution in [0.15, 0.2) is 36.4 Å². The summed E-state index contributed by atoms with van der Waals surface area (Å²) in [5, 5.41) is 0. The number of aromatic nitrogens is 1. The van der Waals surface area contributed by atoms with Crippen LogP contribution in [0.1, 0.15) is 31.2 Å². The van der Waals surface area contributed by atoms with E-state index >= 15 is 0 Å². The molecule has 0 atom stereocenters. The lowest BCUT2D eigenvalue weighted by molar-refractivity contribution is 0.777. The Labute approximate surface area is 96.7 Å². The van der Waals surface area contributed by atoms with Crippen molar-refractivity contribution in [2.45, 2.75) is 26.7 Å². The number of nitrogens with two attached hydrogens (primary N) is 1. The Morgan fingerprint density at radius 2 is 1.62 bits per heavy atom. The molecule has 1 heterocycles. The molecule has 2 nitrogen and oxygen atoms in total. The molecular weight excluding hydrogens is 196 g/mol. The third kappa shape index (κ3) is 1.83. The van der Waals surface area contributed by atoms with Crippen LogP contribution in [0.4, 0.5) is 5.69 Å². The number of hydrogen-bond acceptors (Lipinski definition) is 1. The molecular formula is C14H18N2. The molecule has 0 aliphatic heterocycles. The van der Waals surface area contributed by atoms with Gasteiger partial charge in [-0.25, -0.2) is 0 Å². The third-order valence-electron chi connectivity index (χ3n) is 2.85. The predicted molar refractivity (Wildman–Crippen MR) is 69.0 cm³/mol. The van der Waals surface area contributed by atoms with E-state index in [4.69, 9.17) is 5.73 Å². The van der Waals surface area contributed by atoms with E-state index in [0.29, 0.717) is 5.92 Å². The predicted octanol–water partition coefficient (Wildman–Crippen LogP) is 3.49. The molecule has 0 saturated heterocycles. The third-order valence-corrected chi connectivity index (χ3v) is 2.85. The topological polar surface area (TPSA) is 30.9 Å². The average Bonchev–Trinajstić information content (AvgIpc) is 2.62. The highest BCUT2D eigenvalue weighted by atomic mass is 15.0. The molecule has 16 heavy (non-hydrogen) atoms. The van der Waals surface area contributed by atoms with E-state index in [-0.39, 0.29) is 0 Å². The van der Waals surface area contributed by atoms with Gasteiger partial charge in [-0.05, 0) is 49.2 Å². The standard InChI is InChI=1S/C14H18N2/c1-10(2)14-9-4-11(3)16(14)13-7-5-12(15)6-8-13/h4-10H,15H2,1-3H3. The van der Waals surface area contributed by atoms with Crippen LogP contribution in [0.2, 0.25) is 0 Å². The summed E-state index contributed by atoms with van der Waals surface area (Å²) < 4.78 is 2.28. The van der Waals surface area contributed by atoms with E-state index in [1.54, 1.807) is 0 Å². The van der Waals surface area contributed by atoms with Gasteiger partial charge in [-0.1, -0.05) is 13.8 Å². The lowest BCUT2D eigenvalue weighted by Crippen LogP contribution is -2.03. The Kier molecular flexibility index (Phi) is 2.73. The molecule has 84 valence electrons. The number of hydrogen-bond donors (Lipinski definition) is 1. The summed E-state index contributed by atoms with van der Waals surface area (Å²) in [5.74, 6) is 0.520. The molecule has 0 radical (unpaired) electrons. The summed E-state index contributed by atoms with van der Waals surface area (Å²) in [6.07, 6.45) is 0. The van der Waals surface area contributed by atoms with Crippen LogP contribution in [0, 0.1) is 6.92 Å². The van der Waals surface area contributed by atoms with Crippen LogP contribution in [0.3, 0.4) is 0 Å². The Balaban J connectivity index is 2.54. The van der Waals surface area contributed by atoms with Crippen LogP contribution in [-0.2, 0) is 0 Å². The zero-order chi connectivity index (χ0) is 11.7. The number of nitrogens with zero attached hydrogens (tertiary/aromatic N) is 1. The zero-order valence-corrected chi connectivity index (χ0v) is 10.1. The molecule has 2 heteroatoms. The molecule has 0 aliphatic rings. The Hall–Kier alpha value is -1.70. The maximum Gasteiger partial charge on any atom is 0.0456 e. The normalized spacial score (nSPS) is 11.0. The highest BCUT2D eigenvalue weighted by Crippen LogP contribution is 2.23. The second-order valence-electron chi connectivity index (χ2n) is 4.48. The largest absolute Gasteiger partial charge is 0.399 e. The van der Waals surface area contributed by atoms with E-state index < -0.39 is 0 Å². The van der Waals surface area contributed by atoms with Crippen molar-refractivity contribution in [3.05, 3.63) is 47.8 Å². The van der Waals surface area contributed by atoms with Gasteiger partial charge in [0.1, 0.15) is 0 Å². The van der Waals surface area contributed by atoms with Crippen molar-refractivity contribution in [2.75, 3.05) is 5.73 Å². The minimum absolute atomic E-state index is 0.520. The first-order chi connectivity index (χ1) is 7.59. The van der Waals surface area contributed by atoms with Gasteiger partial charge >= 0.3 is 0 Å². The maximum atomic E-state index is 5.71. The van der Waals surface area contributed by atoms with E-state index in [2.05, 4.69) is 49.6 Å². The summed E-state index contributed by atoms with van der Waals surface area (Å²) in [7, 11) is 0. The molecule has 0 bridgehead atoms. The lowest BCUT2D eigenvalue weighted by atomic mass is 10.1. The quantitative estimate of drug-likeness (QED) is 0.762. The SMILES string of the molecule is Cc1ccc(C(C)C)n1-c1ccc(N)cc1. The average molecular weight is 214 g/mol. The van der Waals surface area contributed by atoms with Gasteiger partial charge in [0.25, 0.3) is 0 Å². The monoisotopic (exact) mass is 214 g/mol. The van der Waals surface area contributed by atoms with Crippen LogP contribution in [0.25, 0.3) is 5.69 Å². The van der Waals surface area contributed by atoms with Gasteiger partial charge in [0.05, 0.1) is 0 Å². The molecule has 0 aliphatic carbocycles. The summed E-state index contributed by atoms with van der Waals surface area (Å²) in [5.41, 5.74) is 10.3. The fourth-order valence-electron chi connectivity index (χ4n) is 1.99. The summed E-state index contributed by atoms with van der Waals surface area (Å²) >= 11 is 0. The van der Waals surface area contributed by atoms with E-state index in [1.165, 1.54) is 17.1 Å². The Bertz CT molecular complexity index is 478. The first kappa shape index (κ1) is 10.8. The molecule has 0 fully saturated rings. The van der Waals surface area contributed by atoms with Gasteiger partial charge in [0.2, 0.25) is 0 Å². The first-order valence-electron chi connectivity index (χ1n) is 5.63. The lowest BCUT2D eigenvalue weighted by Gasteiger charge is -2.14. The molecule has 1 aromatic heterocycles. The van der Waals surface area contributed by atoms with Crippen LogP contribution in [0.5, 0.6) is 0 Å². The molecule has 2 rings (SSSR count). The fourth-order valence-corrected chi connectivity index (χ4v) is 1.99. The van der Waals surface area contributed by atoms with Crippen molar-refractivity contribution in [1.82, 2.24) is 4.57 Å². The highest BCUT2D eigenvalue weighted by molar-refractivity contribution is 5.47. The van der Waals surface area contributed by atoms with Crippen molar-refractivity contribution in [2.24, 2.45) is 0 Å². The second kappa shape index (κ2) is 4.05. The molecule has 0 amide bonds. The Morgan fingerprint density at radius 1 is 1.00 bits per heavy atom. The summed E-state index contributed by atoms with van der Waals surface area (Å²) in [4.78, 5) is 0. The Morgan fingerprint density at radius 3 is 2.19 bits per heavy atom. The number of aryl methyl sites for hydroxylation is 1. The van der Waals surface area contributed by atoms with Gasteiger partial charge in [-0.15, -0.1) is 0 Å². The second-order valence-corrected chi connectivity index (χ2v) is 4.48. The van der Waals surface area contributed by atoms with Gasteiger partial charge < -0.3 is 10.3 Å². The van der Waals surface area contributed by atoms with Crippen LogP contribution < -0.4 is 5.73 Å². The van der Waals surface area contributed by atoms with Gasteiger partial charge in [-0.2, -0.15) is 0 Å². The van der Waals surface area contributed by atoms with Gasteiger partial charge in [-0.3, -0.25) is 0 Å². The van der Waals surface area contributed by atoms with Gasteiger partial charge in [0.15, 0.2) is 0 Å². The maximum absolute atomic E-state index is 5.71. The van der Waals surface area contributed by atoms with Crippen molar-refractivity contribution >= 4 is 5.69 Å². The van der Waals surface area contributed by atoms with E-state index in [9.17, 15) is 0 Å². The van der Waals surface area contributed by atoms with Gasteiger partial charge in [0, 0.05) is 22.8 Å². The smallest absolute Gasteiger partial charge is 0.0456 e. The first-order valence-corrected chi connectivity index (χ1v) is 5.63. The molecule has 1 aromatic carbocycles. The molecule has 0 unspecified atom stereocenters. The number of benzene rings is 1. The van der Waals surface area contributed by atoms with E-state index in [1.807, 2.05) is 12.1 Å². The molecule has 2 aromatic rings. The van der Waals surface area contributed by atoms with Crippen LogP contribution in [-0.4, -0.2) is 4.57 Å². The number of anilines is 1. The fraction of sp³-hybridized carbons (Fsp3) is 0.286. The molecule has 2 N–H and O–H groups in total. The summed E-state index contributed by atoms with van der Waals surface area (Å²) in [6, 6.07) is 12.4. The van der Waals surface area contributed by atoms with Crippen LogP contribution >= 0.6 is 0 Å². The van der Waals surface area contributed by atoms with Crippen molar-refractivity contribution < 1.29 is 0 Å². The molecule has 0 saturated carbocycles. The van der Waals surface area contributed by atoms with E-state index in [0.717, 1.165) is 5.69 Å². The minimum atomic E-state index is 0.520. The minimum Gasteiger partial charge on any atom is -0.399 e. The zero-order valence-electron chi connectivity index (χ0n) is 10.1. The number of nitrogen functional groups attached to an aromatic ring is 1.